The van der Waals surface area contributed by atoms with Crippen LogP contribution in [0.5, 0.6) is 17.2 Å². The Hall–Kier alpha value is -1.42. The Morgan fingerprint density at radius 3 is 2.86 bits per heavy atom. The van der Waals surface area contributed by atoms with Gasteiger partial charge in [-0.3, -0.25) is 0 Å². The van der Waals surface area contributed by atoms with Crippen molar-refractivity contribution in [3.8, 4) is 17.2 Å². The molecule has 0 aliphatic carbocycles. The first-order chi connectivity index (χ1) is 6.74. The van der Waals surface area contributed by atoms with Gasteiger partial charge in [-0.1, -0.05) is 0 Å². The van der Waals surface area contributed by atoms with Crippen LogP contribution in [-0.4, -0.2) is 16.8 Å². The first-order valence-corrected chi connectivity index (χ1v) is 5.17. The number of hydrogen-bond acceptors (Lipinski definition) is 4. The van der Waals surface area contributed by atoms with E-state index >= 15 is 0 Å². The van der Waals surface area contributed by atoms with Gasteiger partial charge in [-0.25, -0.2) is 0 Å². The van der Waals surface area contributed by atoms with Gasteiger partial charge in [0.05, 0.1) is 11.3 Å². The summed E-state index contributed by atoms with van der Waals surface area (Å²) in [6.07, 6.45) is 0. The monoisotopic (exact) mass is 210 g/mol. The van der Waals surface area contributed by atoms with Gasteiger partial charge in [0.15, 0.2) is 11.5 Å². The molecule has 0 saturated carbocycles. The average Bonchev–Trinajstić information content (AvgIpc) is 2.60. The normalized spacial score (nSPS) is 10.6. The SMILES string of the molecule is CCOc1c(O)cc(O)c2ccsc12. The highest BCUT2D eigenvalue weighted by Gasteiger charge is 2.12. The van der Waals surface area contributed by atoms with E-state index in [9.17, 15) is 10.2 Å². The minimum Gasteiger partial charge on any atom is -0.507 e. The van der Waals surface area contributed by atoms with Gasteiger partial charge in [-0.15, -0.1) is 11.3 Å². The van der Waals surface area contributed by atoms with Crippen LogP contribution in [0.1, 0.15) is 6.92 Å². The lowest BCUT2D eigenvalue weighted by atomic mass is 10.2. The zero-order chi connectivity index (χ0) is 10.1. The van der Waals surface area contributed by atoms with Crippen LogP contribution in [0.15, 0.2) is 17.5 Å². The van der Waals surface area contributed by atoms with Crippen LogP contribution in [0.2, 0.25) is 0 Å². The van der Waals surface area contributed by atoms with Crippen molar-refractivity contribution in [3.63, 3.8) is 0 Å². The fraction of sp³-hybridized carbons (Fsp3) is 0.200. The molecule has 2 aromatic rings. The molecule has 0 atom stereocenters. The first kappa shape index (κ1) is 9.15. The lowest BCUT2D eigenvalue weighted by molar-refractivity contribution is 0.321. The number of fused-ring (bicyclic) bond motifs is 1. The molecule has 0 bridgehead atoms. The Balaban J connectivity index is 2.73. The number of phenolic OH excluding ortho intramolecular Hbond substituents is 2. The highest BCUT2D eigenvalue weighted by atomic mass is 32.1. The number of benzene rings is 1. The van der Waals surface area contributed by atoms with E-state index in [1.54, 1.807) is 6.07 Å². The van der Waals surface area contributed by atoms with Crippen LogP contribution in [0.3, 0.4) is 0 Å². The van der Waals surface area contributed by atoms with Crippen molar-refractivity contribution in [3.05, 3.63) is 17.5 Å². The van der Waals surface area contributed by atoms with Crippen molar-refractivity contribution in [1.82, 2.24) is 0 Å². The standard InChI is InChI=1S/C10H10O3S/c1-2-13-9-8(12)5-7(11)6-3-4-14-10(6)9/h3-5,11-12H,2H2,1H3. The van der Waals surface area contributed by atoms with Crippen molar-refractivity contribution in [1.29, 1.82) is 0 Å². The zero-order valence-electron chi connectivity index (χ0n) is 7.65. The fourth-order valence-corrected chi connectivity index (χ4v) is 2.27. The lowest BCUT2D eigenvalue weighted by Crippen LogP contribution is -1.91. The molecule has 14 heavy (non-hydrogen) atoms. The molecule has 0 saturated heterocycles. The maximum Gasteiger partial charge on any atom is 0.178 e. The number of thiophene rings is 1. The predicted octanol–water partition coefficient (Wildman–Crippen LogP) is 2.71. The van der Waals surface area contributed by atoms with Gasteiger partial charge in [0.1, 0.15) is 5.75 Å². The van der Waals surface area contributed by atoms with E-state index in [0.717, 1.165) is 10.1 Å². The summed E-state index contributed by atoms with van der Waals surface area (Å²) in [5.41, 5.74) is 0. The van der Waals surface area contributed by atoms with E-state index in [0.29, 0.717) is 12.4 Å². The van der Waals surface area contributed by atoms with E-state index in [1.165, 1.54) is 17.4 Å². The molecule has 4 heteroatoms. The third kappa shape index (κ3) is 1.28. The molecular weight excluding hydrogens is 200 g/mol. The zero-order valence-corrected chi connectivity index (χ0v) is 8.47. The van der Waals surface area contributed by atoms with E-state index < -0.39 is 0 Å². The second kappa shape index (κ2) is 3.38. The number of hydrogen-bond donors (Lipinski definition) is 2. The quantitative estimate of drug-likeness (QED) is 0.801. The largest absolute Gasteiger partial charge is 0.507 e. The first-order valence-electron chi connectivity index (χ1n) is 4.29. The molecule has 1 aromatic heterocycles. The van der Waals surface area contributed by atoms with E-state index in [1.807, 2.05) is 12.3 Å². The molecule has 0 radical (unpaired) electrons. The molecule has 0 aliphatic heterocycles. The molecule has 3 nitrogen and oxygen atoms in total. The summed E-state index contributed by atoms with van der Waals surface area (Å²) in [7, 11) is 0. The molecule has 74 valence electrons. The van der Waals surface area contributed by atoms with Crippen molar-refractivity contribution >= 4 is 21.4 Å². The Morgan fingerprint density at radius 2 is 2.14 bits per heavy atom. The summed E-state index contributed by atoms with van der Waals surface area (Å²) in [5.74, 6) is 0.525. The highest BCUT2D eigenvalue weighted by Crippen LogP contribution is 2.43. The van der Waals surface area contributed by atoms with Crippen molar-refractivity contribution in [2.45, 2.75) is 6.92 Å². The second-order valence-electron chi connectivity index (χ2n) is 2.84. The molecule has 0 amide bonds. The van der Waals surface area contributed by atoms with Crippen LogP contribution in [0, 0.1) is 0 Å². The molecule has 2 N–H and O–H groups in total. The smallest absolute Gasteiger partial charge is 0.178 e. The van der Waals surface area contributed by atoms with Crippen molar-refractivity contribution < 1.29 is 14.9 Å². The van der Waals surface area contributed by atoms with Crippen molar-refractivity contribution in [2.24, 2.45) is 0 Å². The molecule has 0 spiro atoms. The van der Waals surface area contributed by atoms with Crippen molar-refractivity contribution in [2.75, 3.05) is 6.61 Å². The lowest BCUT2D eigenvalue weighted by Gasteiger charge is -2.07. The Morgan fingerprint density at radius 1 is 1.36 bits per heavy atom. The minimum atomic E-state index is -0.0145. The third-order valence-electron chi connectivity index (χ3n) is 1.94. The van der Waals surface area contributed by atoms with Crippen LogP contribution < -0.4 is 4.74 Å². The van der Waals surface area contributed by atoms with E-state index in [4.69, 9.17) is 4.74 Å². The topological polar surface area (TPSA) is 49.7 Å². The summed E-state index contributed by atoms with van der Waals surface area (Å²) < 4.78 is 6.09. The maximum absolute atomic E-state index is 9.56. The minimum absolute atomic E-state index is 0.0145. The van der Waals surface area contributed by atoms with Gasteiger partial charge < -0.3 is 14.9 Å². The van der Waals surface area contributed by atoms with Crippen LogP contribution in [0.4, 0.5) is 0 Å². The molecule has 2 rings (SSSR count). The number of ether oxygens (including phenoxy) is 1. The van der Waals surface area contributed by atoms with E-state index in [2.05, 4.69) is 0 Å². The number of rotatable bonds is 2. The molecule has 0 unspecified atom stereocenters. The Kier molecular flexibility index (Phi) is 2.21. The van der Waals surface area contributed by atoms with Gasteiger partial charge in [-0.05, 0) is 18.4 Å². The summed E-state index contributed by atoms with van der Waals surface area (Å²) in [5, 5.41) is 21.7. The van der Waals surface area contributed by atoms with Gasteiger partial charge in [0, 0.05) is 11.5 Å². The summed E-state index contributed by atoms with van der Waals surface area (Å²) in [6.45, 7) is 2.34. The molecule has 1 aromatic carbocycles. The molecule has 1 heterocycles. The van der Waals surface area contributed by atoms with Crippen LogP contribution in [0.25, 0.3) is 10.1 Å². The third-order valence-corrected chi connectivity index (χ3v) is 2.86. The maximum atomic E-state index is 9.56. The van der Waals surface area contributed by atoms with Gasteiger partial charge in [-0.2, -0.15) is 0 Å². The number of phenols is 2. The molecule has 0 aliphatic rings. The van der Waals surface area contributed by atoms with Crippen LogP contribution >= 0.6 is 11.3 Å². The molecular formula is C10H10O3S. The average molecular weight is 210 g/mol. The highest BCUT2D eigenvalue weighted by molar-refractivity contribution is 7.17. The molecule has 0 fully saturated rings. The van der Waals surface area contributed by atoms with Gasteiger partial charge >= 0.3 is 0 Å². The predicted molar refractivity (Wildman–Crippen MR) is 56.3 cm³/mol. The Labute approximate surface area is 85.2 Å². The summed E-state index contributed by atoms with van der Waals surface area (Å²) >= 11 is 1.44. The fourth-order valence-electron chi connectivity index (χ4n) is 1.36. The Bertz CT molecular complexity index is 462. The summed E-state index contributed by atoms with van der Waals surface area (Å²) in [4.78, 5) is 0. The van der Waals surface area contributed by atoms with Gasteiger partial charge in [0.2, 0.25) is 0 Å². The second-order valence-corrected chi connectivity index (χ2v) is 3.76. The summed E-state index contributed by atoms with van der Waals surface area (Å²) in [6, 6.07) is 3.11. The van der Waals surface area contributed by atoms with Crippen LogP contribution in [-0.2, 0) is 0 Å². The number of aromatic hydroxyl groups is 2. The van der Waals surface area contributed by atoms with Gasteiger partial charge in [0.25, 0.3) is 0 Å². The van der Waals surface area contributed by atoms with E-state index in [-0.39, 0.29) is 11.5 Å².